The van der Waals surface area contributed by atoms with E-state index in [1.54, 1.807) is 0 Å². The number of Topliss-reactive ketones (excluding diaryl/α,β-unsaturated/α-hetero) is 1. The van der Waals surface area contributed by atoms with Crippen LogP contribution < -0.4 is 5.32 Å². The zero-order valence-corrected chi connectivity index (χ0v) is 13.8. The second kappa shape index (κ2) is 15.7. The number of rotatable bonds is 15. The molecular formula is C15H28ClNO4. The van der Waals surface area contributed by atoms with Crippen molar-refractivity contribution >= 4 is 23.3 Å². The summed E-state index contributed by atoms with van der Waals surface area (Å²) in [5.41, 5.74) is 0. The van der Waals surface area contributed by atoms with E-state index < -0.39 is 0 Å². The summed E-state index contributed by atoms with van der Waals surface area (Å²) >= 11 is 5.59. The Bertz CT molecular complexity index is 274. The topological polar surface area (TPSA) is 64.6 Å². The molecule has 0 aliphatic carbocycles. The van der Waals surface area contributed by atoms with E-state index in [4.69, 9.17) is 21.1 Å². The first kappa shape index (κ1) is 20.3. The molecule has 6 heteroatoms. The Morgan fingerprint density at radius 2 is 1.57 bits per heavy atom. The molecule has 5 nitrogen and oxygen atoms in total. The number of unbranched alkanes of at least 4 members (excludes halogenated alkanes) is 3. The number of hydrogen-bond donors (Lipinski definition) is 1. The molecule has 0 saturated heterocycles. The minimum Gasteiger partial charge on any atom is -0.379 e. The minimum atomic E-state index is -0.109. The van der Waals surface area contributed by atoms with Crippen LogP contribution in [0.1, 0.15) is 45.4 Å². The lowest BCUT2D eigenvalue weighted by Crippen LogP contribution is -2.27. The van der Waals surface area contributed by atoms with E-state index >= 15 is 0 Å². The first-order valence-corrected chi connectivity index (χ1v) is 8.18. The summed E-state index contributed by atoms with van der Waals surface area (Å²) in [5, 5.41) is 2.70. The van der Waals surface area contributed by atoms with Gasteiger partial charge in [0.15, 0.2) is 0 Å². The number of halogens is 1. The van der Waals surface area contributed by atoms with Crippen molar-refractivity contribution in [2.75, 3.05) is 38.9 Å². The van der Waals surface area contributed by atoms with Crippen molar-refractivity contribution in [1.29, 1.82) is 0 Å². The van der Waals surface area contributed by atoms with Crippen molar-refractivity contribution in [3.8, 4) is 0 Å². The molecule has 1 amide bonds. The number of amides is 1. The lowest BCUT2D eigenvalue weighted by molar-refractivity contribution is -0.124. The van der Waals surface area contributed by atoms with Crippen LogP contribution in [0.4, 0.5) is 0 Å². The van der Waals surface area contributed by atoms with Gasteiger partial charge in [-0.05, 0) is 19.8 Å². The molecule has 21 heavy (non-hydrogen) atoms. The maximum absolute atomic E-state index is 11.3. The first-order chi connectivity index (χ1) is 10.2. The van der Waals surface area contributed by atoms with Crippen LogP contribution in [-0.2, 0) is 19.1 Å². The molecule has 0 aliphatic rings. The fraction of sp³-hybridized carbons (Fsp3) is 0.867. The van der Waals surface area contributed by atoms with Gasteiger partial charge in [0.2, 0.25) is 5.91 Å². The van der Waals surface area contributed by atoms with Gasteiger partial charge in [0, 0.05) is 31.9 Å². The van der Waals surface area contributed by atoms with Gasteiger partial charge in [-0.2, -0.15) is 0 Å². The van der Waals surface area contributed by atoms with Crippen molar-refractivity contribution in [1.82, 2.24) is 5.32 Å². The zero-order chi connectivity index (χ0) is 15.8. The van der Waals surface area contributed by atoms with E-state index in [1.807, 2.05) is 0 Å². The second-order valence-corrected chi connectivity index (χ2v) is 5.26. The van der Waals surface area contributed by atoms with Crippen LogP contribution in [0.25, 0.3) is 0 Å². The summed E-state index contributed by atoms with van der Waals surface area (Å²) in [6.07, 6.45) is 4.99. The summed E-state index contributed by atoms with van der Waals surface area (Å²) in [6, 6.07) is 0. The molecule has 1 N–H and O–H groups in total. The quantitative estimate of drug-likeness (QED) is 0.371. The van der Waals surface area contributed by atoms with Crippen LogP contribution in [0.5, 0.6) is 0 Å². The molecule has 0 aromatic carbocycles. The number of hydrogen-bond acceptors (Lipinski definition) is 4. The molecule has 0 saturated carbocycles. The normalized spacial score (nSPS) is 10.6. The molecule has 0 bridgehead atoms. The largest absolute Gasteiger partial charge is 0.379 e. The van der Waals surface area contributed by atoms with E-state index in [2.05, 4.69) is 5.32 Å². The molecule has 0 fully saturated rings. The van der Waals surface area contributed by atoms with Gasteiger partial charge >= 0.3 is 0 Å². The Kier molecular flexibility index (Phi) is 15.2. The molecule has 0 unspecified atom stereocenters. The average Bonchev–Trinajstić information content (AvgIpc) is 2.46. The molecule has 0 atom stereocenters. The molecule has 0 rings (SSSR count). The monoisotopic (exact) mass is 321 g/mol. The molecule has 0 spiro atoms. The summed E-state index contributed by atoms with van der Waals surface area (Å²) in [6.45, 7) is 4.28. The molecule has 0 heterocycles. The van der Waals surface area contributed by atoms with Crippen LogP contribution in [0.3, 0.4) is 0 Å². The smallest absolute Gasteiger partial charge is 0.220 e. The van der Waals surface area contributed by atoms with Gasteiger partial charge in [0.25, 0.3) is 0 Å². The van der Waals surface area contributed by atoms with Gasteiger partial charge in [-0.1, -0.05) is 12.8 Å². The van der Waals surface area contributed by atoms with Gasteiger partial charge in [-0.15, -0.1) is 11.6 Å². The Hall–Kier alpha value is -0.650. The van der Waals surface area contributed by atoms with Crippen LogP contribution in [0.15, 0.2) is 0 Å². The number of ketones is 1. The molecule has 0 radical (unpaired) electrons. The van der Waals surface area contributed by atoms with Crippen molar-refractivity contribution < 1.29 is 19.1 Å². The van der Waals surface area contributed by atoms with E-state index in [0.717, 1.165) is 38.2 Å². The van der Waals surface area contributed by atoms with Crippen LogP contribution in [0.2, 0.25) is 0 Å². The molecular weight excluding hydrogens is 294 g/mol. The highest BCUT2D eigenvalue weighted by molar-refractivity contribution is 6.17. The van der Waals surface area contributed by atoms with Gasteiger partial charge in [0.05, 0.1) is 19.8 Å². The highest BCUT2D eigenvalue weighted by Crippen LogP contribution is 2.00. The average molecular weight is 322 g/mol. The summed E-state index contributed by atoms with van der Waals surface area (Å²) in [5.74, 6) is 0.656. The van der Waals surface area contributed by atoms with E-state index in [-0.39, 0.29) is 18.1 Å². The predicted octanol–water partition coefficient (Wildman–Crippen LogP) is 2.30. The number of alkyl halides is 1. The number of carbonyl (C=O) groups is 2. The fourth-order valence-corrected chi connectivity index (χ4v) is 1.80. The maximum Gasteiger partial charge on any atom is 0.220 e. The zero-order valence-electron chi connectivity index (χ0n) is 13.0. The number of nitrogens with one attached hydrogen (secondary N) is 1. The lowest BCUT2D eigenvalue weighted by atomic mass is 10.2. The third-order valence-electron chi connectivity index (χ3n) is 2.82. The van der Waals surface area contributed by atoms with Crippen molar-refractivity contribution in [3.63, 3.8) is 0 Å². The SMILES string of the molecule is CC(=O)CCC(=O)NCCOCCOCCCCCCCl. The minimum absolute atomic E-state index is 0.0289. The third-order valence-corrected chi connectivity index (χ3v) is 3.08. The Morgan fingerprint density at radius 1 is 0.905 bits per heavy atom. The lowest BCUT2D eigenvalue weighted by Gasteiger charge is -2.07. The van der Waals surface area contributed by atoms with Crippen molar-refractivity contribution in [2.24, 2.45) is 0 Å². The number of ether oxygens (including phenoxy) is 2. The van der Waals surface area contributed by atoms with E-state index in [1.165, 1.54) is 6.92 Å². The van der Waals surface area contributed by atoms with Gasteiger partial charge in [-0.3, -0.25) is 4.79 Å². The van der Waals surface area contributed by atoms with Crippen molar-refractivity contribution in [3.05, 3.63) is 0 Å². The molecule has 0 aromatic heterocycles. The Labute approximate surface area is 132 Å². The summed E-state index contributed by atoms with van der Waals surface area (Å²) < 4.78 is 10.8. The first-order valence-electron chi connectivity index (χ1n) is 7.64. The fourth-order valence-electron chi connectivity index (χ4n) is 1.61. The second-order valence-electron chi connectivity index (χ2n) is 4.88. The highest BCUT2D eigenvalue weighted by atomic mass is 35.5. The third kappa shape index (κ3) is 17.3. The van der Waals surface area contributed by atoms with E-state index in [9.17, 15) is 9.59 Å². The van der Waals surface area contributed by atoms with Crippen LogP contribution >= 0.6 is 11.6 Å². The van der Waals surface area contributed by atoms with Gasteiger partial charge in [-0.25, -0.2) is 0 Å². The Balaban J connectivity index is 3.12. The molecule has 124 valence electrons. The van der Waals surface area contributed by atoms with Crippen LogP contribution in [-0.4, -0.2) is 50.5 Å². The predicted molar refractivity (Wildman–Crippen MR) is 83.8 cm³/mol. The van der Waals surface area contributed by atoms with Crippen molar-refractivity contribution in [2.45, 2.75) is 45.4 Å². The van der Waals surface area contributed by atoms with Crippen LogP contribution in [0, 0.1) is 0 Å². The summed E-state index contributed by atoms with van der Waals surface area (Å²) in [7, 11) is 0. The summed E-state index contributed by atoms with van der Waals surface area (Å²) in [4.78, 5) is 22.0. The number of carbonyl (C=O) groups excluding carboxylic acids is 2. The van der Waals surface area contributed by atoms with Gasteiger partial charge < -0.3 is 19.6 Å². The highest BCUT2D eigenvalue weighted by Gasteiger charge is 2.02. The van der Waals surface area contributed by atoms with Gasteiger partial charge in [0.1, 0.15) is 5.78 Å². The molecule has 0 aromatic rings. The maximum atomic E-state index is 11.3. The van der Waals surface area contributed by atoms with E-state index in [0.29, 0.717) is 32.8 Å². The Morgan fingerprint density at radius 3 is 2.24 bits per heavy atom. The molecule has 0 aliphatic heterocycles. The standard InChI is InChI=1S/C15H28ClNO4/c1-14(18)6-7-15(19)17-9-11-21-13-12-20-10-5-3-2-4-8-16/h2-13H2,1H3,(H,17,19).